The third-order valence-corrected chi connectivity index (χ3v) is 5.92. The molecule has 1 aliphatic rings. The number of nitrogens with zero attached hydrogens (tertiary/aromatic N) is 4. The number of sulfonamides is 1. The van der Waals surface area contributed by atoms with Crippen LogP contribution >= 0.6 is 0 Å². The summed E-state index contributed by atoms with van der Waals surface area (Å²) in [7, 11) is -0.790. The number of H-pyrrole nitrogens is 1. The summed E-state index contributed by atoms with van der Waals surface area (Å²) in [5, 5.41) is 10.2. The maximum atomic E-state index is 13.0. The fraction of sp³-hybridized carbons (Fsp3) is 0.500. The van der Waals surface area contributed by atoms with Gasteiger partial charge < -0.3 is 4.74 Å². The van der Waals surface area contributed by atoms with Crippen molar-refractivity contribution in [1.82, 2.24) is 24.3 Å². The molecule has 9 nitrogen and oxygen atoms in total. The van der Waals surface area contributed by atoms with Gasteiger partial charge in [-0.25, -0.2) is 13.2 Å². The second kappa shape index (κ2) is 6.36. The minimum Gasteiger partial charge on any atom is -0.464 e. The lowest BCUT2D eigenvalue weighted by Gasteiger charge is -2.33. The number of carbonyl (C=O) groups is 1. The van der Waals surface area contributed by atoms with Gasteiger partial charge in [-0.3, -0.25) is 9.78 Å². The number of rotatable bonds is 4. The average molecular weight is 353 g/mol. The SMILES string of the molecule is COC(=O)c1cc(S(=O)(=O)N2CCCCC2c2cnn(C)c2)[nH]n1. The summed E-state index contributed by atoms with van der Waals surface area (Å²) in [5.41, 5.74) is 0.791. The number of aryl methyl sites for hydroxylation is 1. The van der Waals surface area contributed by atoms with Crippen molar-refractivity contribution in [2.45, 2.75) is 30.3 Å². The summed E-state index contributed by atoms with van der Waals surface area (Å²) >= 11 is 0. The monoisotopic (exact) mass is 353 g/mol. The van der Waals surface area contributed by atoms with Crippen LogP contribution in [-0.2, 0) is 21.8 Å². The van der Waals surface area contributed by atoms with Crippen LogP contribution in [0.2, 0.25) is 0 Å². The zero-order chi connectivity index (χ0) is 17.3. The Kier molecular flexibility index (Phi) is 4.41. The minimum atomic E-state index is -3.80. The van der Waals surface area contributed by atoms with Gasteiger partial charge in [0, 0.05) is 31.4 Å². The molecular formula is C14H19N5O4S. The van der Waals surface area contributed by atoms with Crippen LogP contribution in [0, 0.1) is 0 Å². The van der Waals surface area contributed by atoms with Gasteiger partial charge in [0.1, 0.15) is 0 Å². The lowest BCUT2D eigenvalue weighted by Crippen LogP contribution is -2.38. The van der Waals surface area contributed by atoms with Gasteiger partial charge in [-0.15, -0.1) is 0 Å². The van der Waals surface area contributed by atoms with Gasteiger partial charge in [-0.05, 0) is 12.8 Å². The second-order valence-electron chi connectivity index (χ2n) is 5.68. The van der Waals surface area contributed by atoms with E-state index in [2.05, 4.69) is 20.0 Å². The Balaban J connectivity index is 1.94. The van der Waals surface area contributed by atoms with Gasteiger partial charge in [-0.1, -0.05) is 6.42 Å². The fourth-order valence-corrected chi connectivity index (χ4v) is 4.52. The van der Waals surface area contributed by atoms with Crippen molar-refractivity contribution in [2.24, 2.45) is 7.05 Å². The zero-order valence-corrected chi connectivity index (χ0v) is 14.3. The fourth-order valence-electron chi connectivity index (χ4n) is 2.91. The van der Waals surface area contributed by atoms with Crippen molar-refractivity contribution in [2.75, 3.05) is 13.7 Å². The number of piperidine rings is 1. The Morgan fingerprint density at radius 3 is 2.88 bits per heavy atom. The molecule has 0 radical (unpaired) electrons. The molecule has 0 bridgehead atoms. The lowest BCUT2D eigenvalue weighted by molar-refractivity contribution is 0.0594. The summed E-state index contributed by atoms with van der Waals surface area (Å²) in [6.45, 7) is 0.411. The van der Waals surface area contributed by atoms with Gasteiger partial charge in [0.25, 0.3) is 10.0 Å². The van der Waals surface area contributed by atoms with Crippen molar-refractivity contribution in [3.8, 4) is 0 Å². The number of nitrogens with one attached hydrogen (secondary N) is 1. The van der Waals surface area contributed by atoms with E-state index in [0.29, 0.717) is 6.54 Å². The number of aromatic nitrogens is 4. The topological polar surface area (TPSA) is 110 Å². The first-order chi connectivity index (χ1) is 11.4. The van der Waals surface area contributed by atoms with E-state index in [9.17, 15) is 13.2 Å². The van der Waals surface area contributed by atoms with Gasteiger partial charge in [0.15, 0.2) is 10.7 Å². The molecule has 2 aromatic rings. The molecule has 0 aliphatic carbocycles. The second-order valence-corrected chi connectivity index (χ2v) is 7.54. The lowest BCUT2D eigenvalue weighted by atomic mass is 10.0. The first-order valence-corrected chi connectivity index (χ1v) is 9.01. The molecule has 1 fully saturated rings. The molecule has 1 unspecified atom stereocenters. The smallest absolute Gasteiger partial charge is 0.358 e. The van der Waals surface area contributed by atoms with Gasteiger partial charge in [0.2, 0.25) is 0 Å². The summed E-state index contributed by atoms with van der Waals surface area (Å²) in [5.74, 6) is -0.685. The Labute approximate surface area is 139 Å². The van der Waals surface area contributed by atoms with E-state index in [4.69, 9.17) is 0 Å². The van der Waals surface area contributed by atoms with Crippen molar-refractivity contribution in [1.29, 1.82) is 0 Å². The normalized spacial score (nSPS) is 19.3. The highest BCUT2D eigenvalue weighted by atomic mass is 32.2. The molecule has 3 rings (SSSR count). The zero-order valence-electron chi connectivity index (χ0n) is 13.5. The molecule has 130 valence electrons. The number of methoxy groups -OCH3 is 1. The Hall–Kier alpha value is -2.20. The molecule has 1 atom stereocenters. The van der Waals surface area contributed by atoms with Crippen LogP contribution in [-0.4, -0.2) is 52.3 Å². The number of esters is 1. The van der Waals surface area contributed by atoms with Crippen LogP contribution in [0.5, 0.6) is 0 Å². The number of aromatic amines is 1. The highest BCUT2D eigenvalue weighted by Gasteiger charge is 2.36. The molecule has 1 N–H and O–H groups in total. The highest BCUT2D eigenvalue weighted by molar-refractivity contribution is 7.89. The first kappa shape index (κ1) is 16.7. The summed E-state index contributed by atoms with van der Waals surface area (Å²) < 4.78 is 33.6. The number of hydrogen-bond acceptors (Lipinski definition) is 6. The Morgan fingerprint density at radius 2 is 2.21 bits per heavy atom. The molecule has 3 heterocycles. The third kappa shape index (κ3) is 2.94. The average Bonchev–Trinajstić information content (AvgIpc) is 3.23. The molecule has 1 saturated heterocycles. The minimum absolute atomic E-state index is 0.0639. The van der Waals surface area contributed by atoms with E-state index in [1.54, 1.807) is 17.9 Å². The molecule has 0 aromatic carbocycles. The number of hydrogen-bond donors (Lipinski definition) is 1. The summed E-state index contributed by atoms with van der Waals surface area (Å²) in [6, 6.07) is 0.929. The predicted octanol–water partition coefficient (Wildman–Crippen LogP) is 0.846. The molecule has 2 aromatic heterocycles. The van der Waals surface area contributed by atoms with Crippen LogP contribution in [0.25, 0.3) is 0 Å². The molecule has 10 heteroatoms. The quantitative estimate of drug-likeness (QED) is 0.816. The summed E-state index contributed by atoms with van der Waals surface area (Å²) in [4.78, 5) is 11.5. The Bertz CT molecular complexity index is 841. The molecule has 24 heavy (non-hydrogen) atoms. The van der Waals surface area contributed by atoms with Crippen LogP contribution in [0.1, 0.15) is 41.4 Å². The van der Waals surface area contributed by atoms with Crippen LogP contribution in [0.4, 0.5) is 0 Å². The van der Waals surface area contributed by atoms with E-state index < -0.39 is 16.0 Å². The van der Waals surface area contributed by atoms with Gasteiger partial charge >= 0.3 is 5.97 Å². The maximum Gasteiger partial charge on any atom is 0.358 e. The van der Waals surface area contributed by atoms with E-state index in [1.807, 2.05) is 6.20 Å². The standard InChI is InChI=1S/C14H19N5O4S/c1-18-9-10(8-15-18)12-5-3-4-6-19(12)24(21,22)13-7-11(16-17-13)14(20)23-2/h7-9,12H,3-6H2,1-2H3,(H,16,17). The van der Waals surface area contributed by atoms with E-state index in [0.717, 1.165) is 24.8 Å². The van der Waals surface area contributed by atoms with E-state index in [-0.39, 0.29) is 16.8 Å². The van der Waals surface area contributed by atoms with Crippen molar-refractivity contribution in [3.05, 3.63) is 29.7 Å². The Morgan fingerprint density at radius 1 is 1.42 bits per heavy atom. The summed E-state index contributed by atoms with van der Waals surface area (Å²) in [6.07, 6.45) is 5.97. The van der Waals surface area contributed by atoms with Crippen LogP contribution < -0.4 is 0 Å². The molecule has 1 aliphatic heterocycles. The molecule has 0 saturated carbocycles. The molecule has 0 amide bonds. The molecular weight excluding hydrogens is 334 g/mol. The van der Waals surface area contributed by atoms with E-state index in [1.165, 1.54) is 17.5 Å². The van der Waals surface area contributed by atoms with E-state index >= 15 is 0 Å². The van der Waals surface area contributed by atoms with Crippen LogP contribution in [0.3, 0.4) is 0 Å². The molecule has 0 spiro atoms. The number of carbonyl (C=O) groups excluding carboxylic acids is 1. The van der Waals surface area contributed by atoms with Gasteiger partial charge in [-0.2, -0.15) is 14.5 Å². The highest BCUT2D eigenvalue weighted by Crippen LogP contribution is 2.34. The van der Waals surface area contributed by atoms with Crippen molar-refractivity contribution >= 4 is 16.0 Å². The van der Waals surface area contributed by atoms with Gasteiger partial charge in [0.05, 0.1) is 19.3 Å². The third-order valence-electron chi connectivity index (χ3n) is 4.10. The predicted molar refractivity (Wildman–Crippen MR) is 83.6 cm³/mol. The van der Waals surface area contributed by atoms with Crippen molar-refractivity contribution < 1.29 is 17.9 Å². The largest absolute Gasteiger partial charge is 0.464 e. The first-order valence-electron chi connectivity index (χ1n) is 7.57. The number of ether oxygens (including phenoxy) is 1. The van der Waals surface area contributed by atoms with Crippen LogP contribution in [0.15, 0.2) is 23.5 Å². The van der Waals surface area contributed by atoms with Crippen molar-refractivity contribution in [3.63, 3.8) is 0 Å². The maximum absolute atomic E-state index is 13.0.